The number of halogens is 1. The summed E-state index contributed by atoms with van der Waals surface area (Å²) in [5, 5.41) is 3.04. The second-order valence-corrected chi connectivity index (χ2v) is 7.61. The molecule has 0 spiro atoms. The Labute approximate surface area is 187 Å². The minimum atomic E-state index is -0.515. The number of hydrogen-bond acceptors (Lipinski definition) is 5. The number of carbonyl (C=O) groups is 2. The number of hydrogen-bond donors (Lipinski definition) is 1. The third-order valence-electron chi connectivity index (χ3n) is 5.66. The van der Waals surface area contributed by atoms with Crippen LogP contribution < -0.4 is 19.5 Å². The van der Waals surface area contributed by atoms with Crippen LogP contribution >= 0.6 is 0 Å². The number of likely N-dealkylation sites (tertiary alicyclic amines) is 1. The third-order valence-corrected chi connectivity index (χ3v) is 5.66. The fraction of sp³-hybridized carbons (Fsp3) is 0.417. The number of benzene rings is 2. The van der Waals surface area contributed by atoms with E-state index in [9.17, 15) is 14.0 Å². The first-order valence-electron chi connectivity index (χ1n) is 10.6. The first-order chi connectivity index (χ1) is 15.5. The molecule has 0 aromatic heterocycles. The Bertz CT molecular complexity index is 957. The number of carbonyl (C=O) groups excluding carboxylic acids is 2. The van der Waals surface area contributed by atoms with E-state index in [-0.39, 0.29) is 23.4 Å². The molecular formula is C24H29FN2O5. The lowest BCUT2D eigenvalue weighted by molar-refractivity contribution is -0.122. The molecule has 8 heteroatoms. The van der Waals surface area contributed by atoms with Gasteiger partial charge < -0.3 is 24.4 Å². The van der Waals surface area contributed by atoms with E-state index >= 15 is 0 Å². The van der Waals surface area contributed by atoms with Crippen LogP contribution in [0.5, 0.6) is 17.2 Å². The molecule has 1 N–H and O–H groups in total. The molecule has 7 nitrogen and oxygen atoms in total. The Balaban J connectivity index is 1.51. The SMILES string of the molecule is COc1ccc(CCC(=O)NC2CCN(C(=O)c3ccccc3F)CC2)c(OC)c1OC. The quantitative estimate of drug-likeness (QED) is 0.677. The van der Waals surface area contributed by atoms with E-state index in [4.69, 9.17) is 14.2 Å². The van der Waals surface area contributed by atoms with Gasteiger partial charge >= 0.3 is 0 Å². The van der Waals surface area contributed by atoms with E-state index in [0.717, 1.165) is 5.56 Å². The van der Waals surface area contributed by atoms with Gasteiger partial charge in [-0.25, -0.2) is 4.39 Å². The second kappa shape index (κ2) is 10.8. The first kappa shape index (κ1) is 23.4. The van der Waals surface area contributed by atoms with Crippen molar-refractivity contribution in [2.24, 2.45) is 0 Å². The zero-order chi connectivity index (χ0) is 23.1. The van der Waals surface area contributed by atoms with E-state index in [1.807, 2.05) is 6.07 Å². The van der Waals surface area contributed by atoms with E-state index in [1.165, 1.54) is 12.1 Å². The van der Waals surface area contributed by atoms with Gasteiger partial charge in [0.25, 0.3) is 5.91 Å². The molecular weight excluding hydrogens is 415 g/mol. The van der Waals surface area contributed by atoms with Gasteiger partial charge in [-0.1, -0.05) is 18.2 Å². The van der Waals surface area contributed by atoms with Crippen molar-refractivity contribution in [2.75, 3.05) is 34.4 Å². The zero-order valence-corrected chi connectivity index (χ0v) is 18.7. The van der Waals surface area contributed by atoms with Crippen LogP contribution in [0.2, 0.25) is 0 Å². The van der Waals surface area contributed by atoms with Gasteiger partial charge in [0.1, 0.15) is 5.82 Å². The molecule has 0 radical (unpaired) electrons. The molecule has 1 heterocycles. The lowest BCUT2D eigenvalue weighted by atomic mass is 10.0. The average molecular weight is 445 g/mol. The van der Waals surface area contributed by atoms with Crippen molar-refractivity contribution in [1.82, 2.24) is 10.2 Å². The number of piperidine rings is 1. The van der Waals surface area contributed by atoms with Gasteiger partial charge in [0, 0.05) is 25.6 Å². The summed E-state index contributed by atoms with van der Waals surface area (Å²) in [4.78, 5) is 26.7. The molecule has 32 heavy (non-hydrogen) atoms. The number of amides is 2. The average Bonchev–Trinajstić information content (AvgIpc) is 2.82. The summed E-state index contributed by atoms with van der Waals surface area (Å²) in [5.74, 6) is 0.723. The standard InChI is InChI=1S/C24H29FN2O5/c1-30-20-10-8-16(22(31-2)23(20)32-3)9-11-21(28)26-17-12-14-27(15-13-17)24(29)18-6-4-5-7-19(18)25/h4-8,10,17H,9,11-15H2,1-3H3,(H,26,28). The number of nitrogens with one attached hydrogen (secondary N) is 1. The molecule has 1 aliphatic rings. The van der Waals surface area contributed by atoms with Crippen molar-refractivity contribution in [3.05, 3.63) is 53.3 Å². The summed E-state index contributed by atoms with van der Waals surface area (Å²) >= 11 is 0. The first-order valence-corrected chi connectivity index (χ1v) is 10.6. The molecule has 2 aromatic rings. The number of rotatable bonds is 8. The summed E-state index contributed by atoms with van der Waals surface area (Å²) in [6.45, 7) is 0.948. The van der Waals surface area contributed by atoms with Gasteiger partial charge in [-0.3, -0.25) is 9.59 Å². The van der Waals surface area contributed by atoms with E-state index < -0.39 is 5.82 Å². The molecule has 3 rings (SSSR count). The molecule has 2 amide bonds. The minimum Gasteiger partial charge on any atom is -0.493 e. The third kappa shape index (κ3) is 5.30. The molecule has 0 aliphatic carbocycles. The zero-order valence-electron chi connectivity index (χ0n) is 18.7. The topological polar surface area (TPSA) is 77.1 Å². The maximum atomic E-state index is 13.9. The molecule has 0 atom stereocenters. The lowest BCUT2D eigenvalue weighted by Gasteiger charge is -2.32. The maximum Gasteiger partial charge on any atom is 0.256 e. The highest BCUT2D eigenvalue weighted by atomic mass is 19.1. The fourth-order valence-corrected chi connectivity index (χ4v) is 3.94. The summed E-state index contributed by atoms with van der Waals surface area (Å²) in [7, 11) is 4.65. The molecule has 172 valence electrons. The molecule has 2 aromatic carbocycles. The van der Waals surface area contributed by atoms with Gasteiger partial charge in [-0.05, 0) is 43.0 Å². The van der Waals surface area contributed by atoms with Gasteiger partial charge in [0.2, 0.25) is 11.7 Å². The normalized spacial score (nSPS) is 14.1. The van der Waals surface area contributed by atoms with E-state index in [1.54, 1.807) is 44.4 Å². The van der Waals surface area contributed by atoms with Gasteiger partial charge in [0.05, 0.1) is 26.9 Å². The Morgan fingerprint density at radius 2 is 1.69 bits per heavy atom. The highest BCUT2D eigenvalue weighted by Gasteiger charge is 2.26. The summed E-state index contributed by atoms with van der Waals surface area (Å²) < 4.78 is 30.0. The summed E-state index contributed by atoms with van der Waals surface area (Å²) in [6.07, 6.45) is 2.04. The molecule has 0 saturated carbocycles. The van der Waals surface area contributed by atoms with Gasteiger partial charge in [0.15, 0.2) is 11.5 Å². The van der Waals surface area contributed by atoms with Crippen molar-refractivity contribution in [3.63, 3.8) is 0 Å². The van der Waals surface area contributed by atoms with Crippen molar-refractivity contribution < 1.29 is 28.2 Å². The van der Waals surface area contributed by atoms with Crippen LogP contribution in [-0.4, -0.2) is 57.2 Å². The number of methoxy groups -OCH3 is 3. The lowest BCUT2D eigenvalue weighted by Crippen LogP contribution is -2.46. The highest BCUT2D eigenvalue weighted by Crippen LogP contribution is 2.40. The van der Waals surface area contributed by atoms with Crippen LogP contribution in [0.3, 0.4) is 0 Å². The van der Waals surface area contributed by atoms with E-state index in [2.05, 4.69) is 5.32 Å². The van der Waals surface area contributed by atoms with Crippen molar-refractivity contribution >= 4 is 11.8 Å². The van der Waals surface area contributed by atoms with Crippen LogP contribution in [0.25, 0.3) is 0 Å². The molecule has 1 saturated heterocycles. The van der Waals surface area contributed by atoms with Gasteiger partial charge in [-0.15, -0.1) is 0 Å². The molecule has 0 unspecified atom stereocenters. The second-order valence-electron chi connectivity index (χ2n) is 7.61. The van der Waals surface area contributed by atoms with Crippen LogP contribution in [0, 0.1) is 5.82 Å². The van der Waals surface area contributed by atoms with Crippen LogP contribution in [0.4, 0.5) is 4.39 Å². The number of aryl methyl sites for hydroxylation is 1. The monoisotopic (exact) mass is 444 g/mol. The Hall–Kier alpha value is -3.29. The van der Waals surface area contributed by atoms with Crippen LogP contribution in [0.15, 0.2) is 36.4 Å². The fourth-order valence-electron chi connectivity index (χ4n) is 3.94. The smallest absolute Gasteiger partial charge is 0.256 e. The predicted molar refractivity (Wildman–Crippen MR) is 118 cm³/mol. The highest BCUT2D eigenvalue weighted by molar-refractivity contribution is 5.94. The van der Waals surface area contributed by atoms with Crippen LogP contribution in [-0.2, 0) is 11.2 Å². The van der Waals surface area contributed by atoms with Crippen LogP contribution in [0.1, 0.15) is 35.2 Å². The molecule has 1 aliphatic heterocycles. The van der Waals surface area contributed by atoms with E-state index in [0.29, 0.717) is 56.0 Å². The van der Waals surface area contributed by atoms with Gasteiger partial charge in [-0.2, -0.15) is 0 Å². The minimum absolute atomic E-state index is 0.0144. The molecule has 1 fully saturated rings. The van der Waals surface area contributed by atoms with Crippen molar-refractivity contribution in [2.45, 2.75) is 31.7 Å². The Morgan fingerprint density at radius 1 is 1.00 bits per heavy atom. The van der Waals surface area contributed by atoms with Crippen molar-refractivity contribution in [1.29, 1.82) is 0 Å². The Morgan fingerprint density at radius 3 is 2.31 bits per heavy atom. The summed E-state index contributed by atoms with van der Waals surface area (Å²) in [6, 6.07) is 9.63. The maximum absolute atomic E-state index is 13.9. The number of nitrogens with zero attached hydrogens (tertiary/aromatic N) is 1. The largest absolute Gasteiger partial charge is 0.493 e. The Kier molecular flexibility index (Phi) is 7.92. The predicted octanol–water partition coefficient (Wildman–Crippen LogP) is 3.21. The summed E-state index contributed by atoms with van der Waals surface area (Å²) in [5.41, 5.74) is 0.935. The van der Waals surface area contributed by atoms with Crippen molar-refractivity contribution in [3.8, 4) is 17.2 Å². The number of ether oxygens (including phenoxy) is 3. The molecule has 0 bridgehead atoms.